The number of aryl methyl sites for hydroxylation is 1. The monoisotopic (exact) mass is 341 g/mol. The minimum Gasteiger partial charge on any atom is -0.334 e. The van der Waals surface area contributed by atoms with Gasteiger partial charge in [0.05, 0.1) is 17.9 Å². The van der Waals surface area contributed by atoms with Crippen molar-refractivity contribution in [2.24, 2.45) is 0 Å². The van der Waals surface area contributed by atoms with E-state index >= 15 is 0 Å². The zero-order chi connectivity index (χ0) is 17.6. The third kappa shape index (κ3) is 4.45. The summed E-state index contributed by atoms with van der Waals surface area (Å²) in [5, 5.41) is 7.23. The first kappa shape index (κ1) is 17.6. The fourth-order valence-electron chi connectivity index (χ4n) is 3.54. The largest absolute Gasteiger partial charge is 0.334 e. The van der Waals surface area contributed by atoms with E-state index in [4.69, 9.17) is 0 Å². The Bertz CT molecular complexity index is 684. The van der Waals surface area contributed by atoms with Crippen molar-refractivity contribution in [3.63, 3.8) is 0 Å². The summed E-state index contributed by atoms with van der Waals surface area (Å²) in [6, 6.07) is 4.15. The number of aromatic amines is 1. The van der Waals surface area contributed by atoms with Crippen LogP contribution in [0.2, 0.25) is 0 Å². The predicted octanol–water partition coefficient (Wildman–Crippen LogP) is 2.69. The van der Waals surface area contributed by atoms with Crippen LogP contribution in [0.3, 0.4) is 0 Å². The van der Waals surface area contributed by atoms with Crippen molar-refractivity contribution in [1.82, 2.24) is 25.0 Å². The van der Waals surface area contributed by atoms with Crippen LogP contribution in [0.1, 0.15) is 48.5 Å². The SMILES string of the molecule is Cc1cn[nH]c1[C@H]1CCCCN1C(=O)CCN(C)Cc1cccnc1. The van der Waals surface area contributed by atoms with Crippen LogP contribution >= 0.6 is 0 Å². The molecule has 0 saturated carbocycles. The molecule has 0 bridgehead atoms. The van der Waals surface area contributed by atoms with Crippen molar-refractivity contribution < 1.29 is 4.79 Å². The maximum atomic E-state index is 12.8. The Morgan fingerprint density at radius 2 is 2.28 bits per heavy atom. The molecule has 6 heteroatoms. The number of amides is 1. The van der Waals surface area contributed by atoms with Gasteiger partial charge in [-0.05, 0) is 50.4 Å². The van der Waals surface area contributed by atoms with E-state index < -0.39 is 0 Å². The first-order valence-corrected chi connectivity index (χ1v) is 9.02. The van der Waals surface area contributed by atoms with Crippen LogP contribution in [-0.2, 0) is 11.3 Å². The first-order valence-electron chi connectivity index (χ1n) is 9.02. The van der Waals surface area contributed by atoms with Gasteiger partial charge >= 0.3 is 0 Å². The third-order valence-electron chi connectivity index (χ3n) is 4.91. The summed E-state index contributed by atoms with van der Waals surface area (Å²) in [6.07, 6.45) is 9.30. The lowest BCUT2D eigenvalue weighted by atomic mass is 9.97. The molecule has 1 aliphatic heterocycles. The minimum absolute atomic E-state index is 0.146. The van der Waals surface area contributed by atoms with Crippen molar-refractivity contribution in [3.8, 4) is 0 Å². The van der Waals surface area contributed by atoms with Gasteiger partial charge in [0, 0.05) is 38.4 Å². The van der Waals surface area contributed by atoms with Crippen LogP contribution in [0.5, 0.6) is 0 Å². The topological polar surface area (TPSA) is 65.1 Å². The molecule has 1 saturated heterocycles. The molecule has 25 heavy (non-hydrogen) atoms. The molecule has 0 unspecified atom stereocenters. The summed E-state index contributed by atoms with van der Waals surface area (Å²) < 4.78 is 0. The van der Waals surface area contributed by atoms with Gasteiger partial charge in [0.25, 0.3) is 0 Å². The number of nitrogens with zero attached hydrogens (tertiary/aromatic N) is 4. The minimum atomic E-state index is 0.146. The molecule has 2 aromatic heterocycles. The summed E-state index contributed by atoms with van der Waals surface area (Å²) in [5.74, 6) is 0.233. The second kappa shape index (κ2) is 8.25. The van der Waals surface area contributed by atoms with Gasteiger partial charge in [0.2, 0.25) is 5.91 Å². The number of aromatic nitrogens is 3. The molecule has 1 N–H and O–H groups in total. The molecule has 3 heterocycles. The average Bonchev–Trinajstić information content (AvgIpc) is 3.06. The van der Waals surface area contributed by atoms with Crippen molar-refractivity contribution >= 4 is 5.91 Å². The Labute approximate surface area is 149 Å². The number of carbonyl (C=O) groups excluding carboxylic acids is 1. The first-order chi connectivity index (χ1) is 12.1. The van der Waals surface area contributed by atoms with Gasteiger partial charge < -0.3 is 9.80 Å². The normalized spacial score (nSPS) is 17.9. The van der Waals surface area contributed by atoms with E-state index in [1.165, 1.54) is 5.56 Å². The maximum absolute atomic E-state index is 12.8. The molecule has 2 aromatic rings. The summed E-state index contributed by atoms with van der Waals surface area (Å²) in [7, 11) is 2.05. The fraction of sp³-hybridized carbons (Fsp3) is 0.526. The van der Waals surface area contributed by atoms with Gasteiger partial charge in [0.15, 0.2) is 0 Å². The van der Waals surface area contributed by atoms with Gasteiger partial charge in [-0.25, -0.2) is 0 Å². The highest BCUT2D eigenvalue weighted by molar-refractivity contribution is 5.77. The molecule has 6 nitrogen and oxygen atoms in total. The number of H-pyrrole nitrogens is 1. The van der Waals surface area contributed by atoms with Gasteiger partial charge in [-0.15, -0.1) is 0 Å². The molecule has 3 rings (SSSR count). The lowest BCUT2D eigenvalue weighted by molar-refractivity contribution is -0.135. The van der Waals surface area contributed by atoms with Crippen LogP contribution in [0.15, 0.2) is 30.7 Å². The zero-order valence-corrected chi connectivity index (χ0v) is 15.1. The second-order valence-corrected chi connectivity index (χ2v) is 6.91. The van der Waals surface area contributed by atoms with E-state index in [0.29, 0.717) is 6.42 Å². The summed E-state index contributed by atoms with van der Waals surface area (Å²) >= 11 is 0. The Morgan fingerprint density at radius 3 is 3.00 bits per heavy atom. The van der Waals surface area contributed by atoms with E-state index in [2.05, 4.69) is 33.1 Å². The lowest BCUT2D eigenvalue weighted by Gasteiger charge is -2.36. The molecule has 0 radical (unpaired) electrons. The number of hydrogen-bond acceptors (Lipinski definition) is 4. The summed E-state index contributed by atoms with van der Waals surface area (Å²) in [4.78, 5) is 21.2. The number of hydrogen-bond donors (Lipinski definition) is 1. The number of carbonyl (C=O) groups is 1. The number of rotatable bonds is 6. The predicted molar refractivity (Wildman–Crippen MR) is 96.8 cm³/mol. The third-order valence-corrected chi connectivity index (χ3v) is 4.91. The van der Waals surface area contributed by atoms with E-state index in [9.17, 15) is 4.79 Å². The number of likely N-dealkylation sites (tertiary alicyclic amines) is 1. The average molecular weight is 341 g/mol. The number of pyridine rings is 1. The Balaban J connectivity index is 1.56. The second-order valence-electron chi connectivity index (χ2n) is 6.91. The smallest absolute Gasteiger partial charge is 0.224 e. The van der Waals surface area contributed by atoms with Gasteiger partial charge in [-0.1, -0.05) is 6.07 Å². The molecule has 1 amide bonds. The van der Waals surface area contributed by atoms with Crippen molar-refractivity contribution in [2.75, 3.05) is 20.1 Å². The summed E-state index contributed by atoms with van der Waals surface area (Å²) in [6.45, 7) is 4.45. The molecular weight excluding hydrogens is 314 g/mol. The summed E-state index contributed by atoms with van der Waals surface area (Å²) in [5.41, 5.74) is 3.40. The van der Waals surface area contributed by atoms with E-state index in [1.54, 1.807) is 6.20 Å². The molecule has 134 valence electrons. The van der Waals surface area contributed by atoms with Crippen LogP contribution in [0.25, 0.3) is 0 Å². The van der Waals surface area contributed by atoms with Gasteiger partial charge in [0.1, 0.15) is 0 Å². The molecule has 0 spiro atoms. The van der Waals surface area contributed by atoms with Crippen molar-refractivity contribution in [2.45, 2.75) is 45.2 Å². The van der Waals surface area contributed by atoms with Crippen LogP contribution in [0.4, 0.5) is 0 Å². The molecule has 0 aliphatic carbocycles. The van der Waals surface area contributed by atoms with Gasteiger partial charge in [-0.3, -0.25) is 14.9 Å². The number of nitrogens with one attached hydrogen (secondary N) is 1. The lowest BCUT2D eigenvalue weighted by Crippen LogP contribution is -2.40. The van der Waals surface area contributed by atoms with Crippen molar-refractivity contribution in [3.05, 3.63) is 47.5 Å². The molecule has 1 fully saturated rings. The highest BCUT2D eigenvalue weighted by Gasteiger charge is 2.29. The van der Waals surface area contributed by atoms with E-state index in [-0.39, 0.29) is 11.9 Å². The van der Waals surface area contributed by atoms with Gasteiger partial charge in [-0.2, -0.15) is 5.10 Å². The standard InChI is InChI=1S/C19H27N5O/c1-15-12-21-22-19(15)17-7-3-4-10-24(17)18(25)8-11-23(2)14-16-6-5-9-20-13-16/h5-6,9,12-13,17H,3-4,7-8,10-11,14H2,1-2H3,(H,21,22)/t17-/m1/s1. The number of piperidine rings is 1. The molecule has 1 atom stereocenters. The Kier molecular flexibility index (Phi) is 5.81. The van der Waals surface area contributed by atoms with E-state index in [1.807, 2.05) is 30.4 Å². The van der Waals surface area contributed by atoms with E-state index in [0.717, 1.165) is 50.2 Å². The zero-order valence-electron chi connectivity index (χ0n) is 15.1. The van der Waals surface area contributed by atoms with Crippen LogP contribution in [-0.4, -0.2) is 51.0 Å². The quantitative estimate of drug-likeness (QED) is 0.877. The Hall–Kier alpha value is -2.21. The van der Waals surface area contributed by atoms with Crippen LogP contribution in [0, 0.1) is 6.92 Å². The van der Waals surface area contributed by atoms with Crippen LogP contribution < -0.4 is 0 Å². The van der Waals surface area contributed by atoms with Crippen molar-refractivity contribution in [1.29, 1.82) is 0 Å². The highest BCUT2D eigenvalue weighted by atomic mass is 16.2. The molecule has 0 aromatic carbocycles. The highest BCUT2D eigenvalue weighted by Crippen LogP contribution is 2.31. The fourth-order valence-corrected chi connectivity index (χ4v) is 3.54. The Morgan fingerprint density at radius 1 is 1.40 bits per heavy atom. The molecular formula is C19H27N5O. The maximum Gasteiger partial charge on any atom is 0.224 e. The molecule has 1 aliphatic rings.